The number of hydrogen-bond donors (Lipinski definition) is 0. The predicted octanol–water partition coefficient (Wildman–Crippen LogP) is 13.3. The van der Waals surface area contributed by atoms with Crippen molar-refractivity contribution in [2.45, 2.75) is 146 Å². The summed E-state index contributed by atoms with van der Waals surface area (Å²) >= 11 is 14.9. The Morgan fingerprint density at radius 2 is 1.08 bits per heavy atom. The second-order valence-corrected chi connectivity index (χ2v) is 22.5. The van der Waals surface area contributed by atoms with E-state index in [1.54, 1.807) is 5.57 Å². The van der Waals surface area contributed by atoms with E-state index in [4.69, 9.17) is 23.2 Å². The van der Waals surface area contributed by atoms with Gasteiger partial charge in [-0.1, -0.05) is 117 Å². The van der Waals surface area contributed by atoms with E-state index in [-0.39, 0.29) is 19.5 Å². The van der Waals surface area contributed by atoms with E-state index >= 15 is 0 Å². The molecule has 282 valence electrons. The van der Waals surface area contributed by atoms with Crippen molar-refractivity contribution in [3.05, 3.63) is 105 Å². The molecule has 0 spiro atoms. The van der Waals surface area contributed by atoms with Crippen molar-refractivity contribution >= 4 is 47.3 Å². The molecule has 1 saturated heterocycles. The van der Waals surface area contributed by atoms with Gasteiger partial charge in [0.05, 0.1) is 0 Å². The molecule has 0 amide bonds. The molecule has 0 aromatic heterocycles. The molecular weight excluding hydrogens is 783 g/mol. The van der Waals surface area contributed by atoms with Gasteiger partial charge in [-0.05, 0) is 125 Å². The van der Waals surface area contributed by atoms with E-state index in [9.17, 15) is 0 Å². The van der Waals surface area contributed by atoms with Gasteiger partial charge in [0, 0.05) is 56.0 Å². The van der Waals surface area contributed by atoms with E-state index in [1.807, 2.05) is 0 Å². The first-order valence-corrected chi connectivity index (χ1v) is 22.9. The first kappa shape index (κ1) is 40.2. The van der Waals surface area contributed by atoms with Crippen LogP contribution in [-0.2, 0) is 19.5 Å². The normalized spacial score (nSPS) is 21.7. The van der Waals surface area contributed by atoms with Crippen LogP contribution in [0.25, 0.3) is 0 Å². The Bertz CT molecular complexity index is 1680. The van der Waals surface area contributed by atoms with Crippen molar-refractivity contribution in [3.8, 4) is 0 Å². The van der Waals surface area contributed by atoms with Gasteiger partial charge in [0.15, 0.2) is 0 Å². The maximum Gasteiger partial charge on any atom is 0.122 e. The van der Waals surface area contributed by atoms with Crippen LogP contribution in [0.3, 0.4) is 0 Å². The van der Waals surface area contributed by atoms with E-state index in [2.05, 4.69) is 112 Å². The van der Waals surface area contributed by atoms with E-state index < -0.39 is 11.2 Å². The van der Waals surface area contributed by atoms with Crippen LogP contribution in [-0.4, -0.2) is 40.2 Å². The Hall–Kier alpha value is -1.50. The van der Waals surface area contributed by atoms with Gasteiger partial charge in [0.1, 0.15) is 10.2 Å². The average molecular weight is 845 g/mol. The molecule has 0 bridgehead atoms. The van der Waals surface area contributed by atoms with Gasteiger partial charge in [-0.25, -0.2) is 0 Å². The zero-order valence-electron chi connectivity index (χ0n) is 32.6. The summed E-state index contributed by atoms with van der Waals surface area (Å²) in [6, 6.07) is 21.0. The Morgan fingerprint density at radius 3 is 1.52 bits per heavy atom. The summed E-state index contributed by atoms with van der Waals surface area (Å²) < 4.78 is -0.769. The molecule has 3 aromatic carbocycles. The summed E-state index contributed by atoms with van der Waals surface area (Å²) in [4.78, 5) is 5.44. The number of halogens is 2. The fourth-order valence-electron chi connectivity index (χ4n) is 11.2. The fraction of sp³-hybridized carbons (Fsp3) is 0.543. The molecule has 0 radical (unpaired) electrons. The number of anilines is 2. The Kier molecular flexibility index (Phi) is 12.9. The summed E-state index contributed by atoms with van der Waals surface area (Å²) in [5.41, 5.74) is 15.8. The van der Waals surface area contributed by atoms with Crippen LogP contribution < -0.4 is 9.80 Å². The van der Waals surface area contributed by atoms with Crippen molar-refractivity contribution in [1.29, 1.82) is 0 Å². The number of rotatable bonds is 6. The quantitative estimate of drug-likeness (QED) is 0.139. The minimum absolute atomic E-state index is 0. The number of aryl methyl sites for hydroxylation is 6. The van der Waals surface area contributed by atoms with E-state index in [0.717, 1.165) is 43.7 Å². The number of alkyl halides is 2. The Morgan fingerprint density at radius 1 is 0.635 bits per heavy atom. The zero-order valence-corrected chi connectivity index (χ0v) is 36.7. The smallest absolute Gasteiger partial charge is 0.122 e. The van der Waals surface area contributed by atoms with Crippen LogP contribution in [0.2, 0.25) is 0 Å². The molecule has 1 atom stereocenters. The zero-order chi connectivity index (χ0) is 35.9. The molecule has 4 aliphatic rings. The van der Waals surface area contributed by atoms with Gasteiger partial charge in [0.2, 0.25) is 0 Å². The molecule has 52 heavy (non-hydrogen) atoms. The Labute approximate surface area is 338 Å². The van der Waals surface area contributed by atoms with Crippen molar-refractivity contribution in [2.24, 2.45) is 0 Å². The molecule has 3 aromatic rings. The van der Waals surface area contributed by atoms with Crippen LogP contribution in [0.1, 0.15) is 122 Å². The van der Waals surface area contributed by atoms with Crippen LogP contribution in [0.4, 0.5) is 11.4 Å². The van der Waals surface area contributed by atoms with Crippen molar-refractivity contribution in [1.82, 2.24) is 0 Å². The third kappa shape index (κ3) is 7.93. The molecule has 0 N–H and O–H groups in total. The van der Waals surface area contributed by atoms with Gasteiger partial charge >= 0.3 is 0 Å². The Balaban J connectivity index is 0.00000464. The second kappa shape index (κ2) is 16.7. The third-order valence-corrected chi connectivity index (χ3v) is 19.5. The fourth-order valence-corrected chi connectivity index (χ4v) is 18.5. The minimum atomic E-state index is -1.76. The maximum atomic E-state index is 7.44. The average Bonchev–Trinajstić information content (AvgIpc) is 3.51. The summed E-state index contributed by atoms with van der Waals surface area (Å²) in [7, 11) is 0. The molecule has 1 unspecified atom stereocenters. The molecular formula is C46H61Cl2N2PRu. The van der Waals surface area contributed by atoms with Crippen LogP contribution >= 0.6 is 30.1 Å². The van der Waals surface area contributed by atoms with Crippen LogP contribution in [0.15, 0.2) is 66.0 Å². The predicted molar refractivity (Wildman–Crippen MR) is 227 cm³/mol. The number of allylic oxidation sites excluding steroid dienone is 1. The summed E-state index contributed by atoms with van der Waals surface area (Å²) in [6.45, 7) is 13.9. The third-order valence-electron chi connectivity index (χ3n) is 12.9. The molecule has 1 heterocycles. The van der Waals surface area contributed by atoms with Gasteiger partial charge in [-0.2, -0.15) is 0 Å². The van der Waals surface area contributed by atoms with Crippen molar-refractivity contribution < 1.29 is 19.5 Å². The largest absolute Gasteiger partial charge is 0.325 e. The molecule has 7 rings (SSSR count). The first-order valence-electron chi connectivity index (χ1n) is 20.1. The molecule has 3 aliphatic carbocycles. The standard InChI is InChI=1S/C46H61Cl2N2P.Ru/c1-32-26-34(3)43(35(4)27-32)49-24-25-50(44-36(5)28-33(2)29-37(44)6)45(49)41-30-46(47,48)23-22-42(41)51(39-18-12-8-13-19-39,40-20-14-9-15-21-40)31-38-16-10-7-11-17-38;/h7,10-11,16-17,26-29,31,39-40,42H,8-9,12-15,18-25,30H2,1-6H3;. The van der Waals surface area contributed by atoms with Gasteiger partial charge in [-0.3, -0.25) is 0 Å². The number of benzene rings is 3. The molecule has 1 aliphatic heterocycles. The summed E-state index contributed by atoms with van der Waals surface area (Å²) in [6.07, 6.45) is 16.4. The van der Waals surface area contributed by atoms with Gasteiger partial charge < -0.3 is 9.80 Å². The first-order chi connectivity index (χ1) is 24.5. The molecule has 6 heteroatoms. The van der Waals surface area contributed by atoms with E-state index in [1.165, 1.54) is 120 Å². The maximum absolute atomic E-state index is 7.44. The van der Waals surface area contributed by atoms with E-state index in [0.29, 0.717) is 5.66 Å². The summed E-state index contributed by atoms with van der Waals surface area (Å²) in [5, 5.41) is 0. The van der Waals surface area contributed by atoms with Crippen LogP contribution in [0.5, 0.6) is 0 Å². The number of nitrogens with zero attached hydrogens (tertiary/aromatic N) is 2. The number of hydrogen-bond acceptors (Lipinski definition) is 2. The second-order valence-electron chi connectivity index (χ2n) is 16.8. The monoisotopic (exact) mass is 844 g/mol. The summed E-state index contributed by atoms with van der Waals surface area (Å²) in [5.74, 6) is 4.33. The van der Waals surface area contributed by atoms with Crippen molar-refractivity contribution in [2.75, 3.05) is 22.9 Å². The van der Waals surface area contributed by atoms with Gasteiger partial charge in [-0.15, -0.1) is 23.2 Å². The molecule has 4 fully saturated rings. The van der Waals surface area contributed by atoms with Crippen LogP contribution in [0, 0.1) is 41.5 Å². The topological polar surface area (TPSA) is 6.48 Å². The SMILES string of the molecule is Cc1cc(C)c(N2CCN(c3c(C)cc(C)cc3C)C2=C2CC(Cl)(Cl)CCC2P(=Cc2ccccc2)(C2CCCCC2)C2CCCCC2)c(C)c1.[Ru]. The molecule has 3 saturated carbocycles. The van der Waals surface area contributed by atoms with Gasteiger partial charge in [0.25, 0.3) is 0 Å². The minimum Gasteiger partial charge on any atom is -0.325 e. The van der Waals surface area contributed by atoms with Crippen molar-refractivity contribution in [3.63, 3.8) is 0 Å². The molecule has 2 nitrogen and oxygen atoms in total.